The molecule has 0 amide bonds. The second kappa shape index (κ2) is 6.89. The quantitative estimate of drug-likeness (QED) is 0.750. The lowest BCUT2D eigenvalue weighted by atomic mass is 9.97. The molecule has 0 aromatic carbocycles. The zero-order valence-corrected chi connectivity index (χ0v) is 11.4. The van der Waals surface area contributed by atoms with Gasteiger partial charge < -0.3 is 5.11 Å². The molecule has 100 valence electrons. The fourth-order valence-corrected chi connectivity index (χ4v) is 2.77. The van der Waals surface area contributed by atoms with E-state index in [9.17, 15) is 5.11 Å². The Bertz CT molecular complexity index is 364. The van der Waals surface area contributed by atoms with Crippen LogP contribution >= 0.6 is 0 Å². The van der Waals surface area contributed by atoms with Crippen molar-refractivity contribution in [1.82, 2.24) is 4.98 Å². The summed E-state index contributed by atoms with van der Waals surface area (Å²) in [6.45, 7) is 2.31. The minimum absolute atomic E-state index is 0.374. The second-order valence-corrected chi connectivity index (χ2v) is 5.72. The molecule has 2 atom stereocenters. The summed E-state index contributed by atoms with van der Waals surface area (Å²) in [7, 11) is 0. The summed E-state index contributed by atoms with van der Waals surface area (Å²) in [6.07, 6.45) is 9.16. The molecule has 0 aliphatic carbocycles. The van der Waals surface area contributed by atoms with Gasteiger partial charge in [0.2, 0.25) is 0 Å². The van der Waals surface area contributed by atoms with Gasteiger partial charge in [0.05, 0.1) is 11.8 Å². The summed E-state index contributed by atoms with van der Waals surface area (Å²) in [5.41, 5.74) is 2.00. The fraction of sp³-hybridized carbons (Fsp3) is 0.688. The Hall–Kier alpha value is -0.890. The van der Waals surface area contributed by atoms with Crippen LogP contribution in [0.2, 0.25) is 0 Å². The van der Waals surface area contributed by atoms with Gasteiger partial charge in [-0.2, -0.15) is 0 Å². The largest absolute Gasteiger partial charge is 0.387 e. The van der Waals surface area contributed by atoms with Crippen LogP contribution in [0.5, 0.6) is 0 Å². The van der Waals surface area contributed by atoms with Gasteiger partial charge in [-0.25, -0.2) is 0 Å². The lowest BCUT2D eigenvalue weighted by Gasteiger charge is -2.12. The summed E-state index contributed by atoms with van der Waals surface area (Å²) in [4.78, 5) is 4.62. The van der Waals surface area contributed by atoms with E-state index in [4.69, 9.17) is 0 Å². The van der Waals surface area contributed by atoms with Crippen molar-refractivity contribution < 1.29 is 5.11 Å². The molecule has 1 aliphatic rings. The maximum atomic E-state index is 10.1. The van der Waals surface area contributed by atoms with Crippen LogP contribution in [0.3, 0.4) is 0 Å². The molecule has 18 heavy (non-hydrogen) atoms. The molecule has 2 heterocycles. The maximum Gasteiger partial charge on any atom is 0.0959 e. The van der Waals surface area contributed by atoms with Crippen LogP contribution in [0.4, 0.5) is 0 Å². The highest BCUT2D eigenvalue weighted by molar-refractivity contribution is 5.13. The number of pyridine rings is 1. The number of aliphatic hydroxyl groups excluding tert-OH is 1. The minimum Gasteiger partial charge on any atom is -0.387 e. The first-order valence-corrected chi connectivity index (χ1v) is 7.39. The number of aromatic nitrogens is 1. The van der Waals surface area contributed by atoms with E-state index in [1.807, 2.05) is 12.1 Å². The Morgan fingerprint density at radius 3 is 2.61 bits per heavy atom. The Balaban J connectivity index is 2.09. The van der Waals surface area contributed by atoms with Crippen LogP contribution in [0.1, 0.15) is 69.4 Å². The summed E-state index contributed by atoms with van der Waals surface area (Å²) < 4.78 is 0. The molecular formula is C16H25NO. The number of hydrogen-bond donors (Lipinski definition) is 1. The third-order valence-electron chi connectivity index (χ3n) is 3.90. The number of fused-ring (bicyclic) bond motifs is 2. The van der Waals surface area contributed by atoms with Crippen molar-refractivity contribution in [1.29, 1.82) is 0 Å². The standard InChI is InChI=1S/C16H25NO/c1-13-8-5-3-2-4-6-11-16(18)15-10-7-9-14(12-13)17-15/h7,9-10,13,16,18H,2-6,8,11-12H2,1H3/t13-,16-/m1/s1. The average Bonchev–Trinajstić information content (AvgIpc) is 2.37. The zero-order chi connectivity index (χ0) is 12.8. The number of rotatable bonds is 0. The highest BCUT2D eigenvalue weighted by atomic mass is 16.3. The van der Waals surface area contributed by atoms with E-state index in [0.29, 0.717) is 5.92 Å². The first kappa shape index (κ1) is 13.5. The van der Waals surface area contributed by atoms with Crippen LogP contribution in [0, 0.1) is 5.92 Å². The predicted octanol–water partition coefficient (Wildman–Crippen LogP) is 4.04. The van der Waals surface area contributed by atoms with E-state index in [-0.39, 0.29) is 6.10 Å². The van der Waals surface area contributed by atoms with Crippen LogP contribution in [-0.4, -0.2) is 10.1 Å². The van der Waals surface area contributed by atoms with E-state index in [1.165, 1.54) is 32.1 Å². The number of hydrogen-bond acceptors (Lipinski definition) is 2. The molecule has 2 nitrogen and oxygen atoms in total. The Morgan fingerprint density at radius 2 is 1.78 bits per heavy atom. The molecule has 0 saturated heterocycles. The Kier molecular flexibility index (Phi) is 5.18. The molecule has 2 heteroatoms. The normalized spacial score (nSPS) is 26.8. The van der Waals surface area contributed by atoms with Crippen molar-refractivity contribution in [3.63, 3.8) is 0 Å². The third kappa shape index (κ3) is 4.09. The first-order chi connectivity index (χ1) is 8.75. The zero-order valence-electron chi connectivity index (χ0n) is 11.4. The highest BCUT2D eigenvalue weighted by Gasteiger charge is 2.12. The first-order valence-electron chi connectivity index (χ1n) is 7.39. The van der Waals surface area contributed by atoms with Crippen molar-refractivity contribution >= 4 is 0 Å². The molecule has 0 unspecified atom stereocenters. The minimum atomic E-state index is -0.374. The lowest BCUT2D eigenvalue weighted by Crippen LogP contribution is -2.05. The second-order valence-electron chi connectivity index (χ2n) is 5.72. The van der Waals surface area contributed by atoms with Gasteiger partial charge in [-0.3, -0.25) is 4.98 Å². The number of aliphatic hydroxyl groups is 1. The molecule has 1 N–H and O–H groups in total. The maximum absolute atomic E-state index is 10.1. The molecular weight excluding hydrogens is 222 g/mol. The van der Waals surface area contributed by atoms with Gasteiger partial charge in [0.25, 0.3) is 0 Å². The molecule has 1 aromatic rings. The van der Waals surface area contributed by atoms with Gasteiger partial charge in [0.15, 0.2) is 0 Å². The van der Waals surface area contributed by atoms with Crippen molar-refractivity contribution in [2.45, 2.75) is 64.4 Å². The molecule has 1 aliphatic heterocycles. The van der Waals surface area contributed by atoms with Gasteiger partial charge in [-0.1, -0.05) is 51.5 Å². The van der Waals surface area contributed by atoms with Crippen LogP contribution in [0.15, 0.2) is 18.2 Å². The number of nitrogens with zero attached hydrogens (tertiary/aromatic N) is 1. The van der Waals surface area contributed by atoms with E-state index in [2.05, 4.69) is 18.0 Å². The van der Waals surface area contributed by atoms with E-state index >= 15 is 0 Å². The van der Waals surface area contributed by atoms with Gasteiger partial charge in [0.1, 0.15) is 0 Å². The Morgan fingerprint density at radius 1 is 1.06 bits per heavy atom. The summed E-state index contributed by atoms with van der Waals surface area (Å²) in [5.74, 6) is 0.700. The van der Waals surface area contributed by atoms with E-state index in [0.717, 1.165) is 30.7 Å². The lowest BCUT2D eigenvalue weighted by molar-refractivity contribution is 0.158. The van der Waals surface area contributed by atoms with E-state index in [1.54, 1.807) is 0 Å². The molecule has 0 fully saturated rings. The summed E-state index contributed by atoms with van der Waals surface area (Å²) in [6, 6.07) is 6.08. The van der Waals surface area contributed by atoms with Gasteiger partial charge >= 0.3 is 0 Å². The molecule has 1 aromatic heterocycles. The van der Waals surface area contributed by atoms with Crippen molar-refractivity contribution in [2.24, 2.45) is 5.92 Å². The predicted molar refractivity (Wildman–Crippen MR) is 74.4 cm³/mol. The molecule has 0 radical (unpaired) electrons. The van der Waals surface area contributed by atoms with Crippen LogP contribution < -0.4 is 0 Å². The van der Waals surface area contributed by atoms with Gasteiger partial charge in [-0.15, -0.1) is 0 Å². The fourth-order valence-electron chi connectivity index (χ4n) is 2.77. The summed E-state index contributed by atoms with van der Waals surface area (Å²) >= 11 is 0. The van der Waals surface area contributed by atoms with Crippen molar-refractivity contribution in [2.75, 3.05) is 0 Å². The van der Waals surface area contributed by atoms with Crippen LogP contribution in [0.25, 0.3) is 0 Å². The van der Waals surface area contributed by atoms with E-state index < -0.39 is 0 Å². The van der Waals surface area contributed by atoms with Crippen LogP contribution in [-0.2, 0) is 6.42 Å². The smallest absolute Gasteiger partial charge is 0.0959 e. The van der Waals surface area contributed by atoms with Crippen molar-refractivity contribution in [3.8, 4) is 0 Å². The third-order valence-corrected chi connectivity index (χ3v) is 3.90. The van der Waals surface area contributed by atoms with Gasteiger partial charge in [0, 0.05) is 5.69 Å². The molecule has 2 bridgehead atoms. The highest BCUT2D eigenvalue weighted by Crippen LogP contribution is 2.22. The van der Waals surface area contributed by atoms with Gasteiger partial charge in [-0.05, 0) is 30.9 Å². The topological polar surface area (TPSA) is 33.1 Å². The average molecular weight is 247 g/mol. The Labute approximate surface area is 110 Å². The SMILES string of the molecule is C[C@@H]1CCCCCCC[C@@H](O)c2cccc(n2)C1. The summed E-state index contributed by atoms with van der Waals surface area (Å²) in [5, 5.41) is 10.1. The van der Waals surface area contributed by atoms with Crippen molar-refractivity contribution in [3.05, 3.63) is 29.6 Å². The monoisotopic (exact) mass is 247 g/mol. The molecule has 0 spiro atoms. The molecule has 2 rings (SSSR count). The molecule has 0 saturated carbocycles.